The molecule has 0 aromatic heterocycles. The number of urea groups is 1. The van der Waals surface area contributed by atoms with Crippen LogP contribution in [0.5, 0.6) is 0 Å². The van der Waals surface area contributed by atoms with Gasteiger partial charge in [-0.05, 0) is 34.7 Å². The first-order valence-corrected chi connectivity index (χ1v) is 5.42. The van der Waals surface area contributed by atoms with Gasteiger partial charge in [-0.15, -0.1) is 0 Å². The van der Waals surface area contributed by atoms with Crippen LogP contribution in [0.25, 0.3) is 0 Å². The lowest BCUT2D eigenvalue weighted by Crippen LogP contribution is -2.31. The minimum Gasteiger partial charge on any atom is -0.395 e. The van der Waals surface area contributed by atoms with E-state index in [9.17, 15) is 13.6 Å². The van der Waals surface area contributed by atoms with Crippen molar-refractivity contribution in [3.8, 4) is 0 Å². The Morgan fingerprint density at radius 1 is 1.38 bits per heavy atom. The minimum atomic E-state index is -0.738. The van der Waals surface area contributed by atoms with Gasteiger partial charge in [0.2, 0.25) is 0 Å². The normalized spacial score (nSPS) is 10.0. The molecule has 16 heavy (non-hydrogen) atoms. The van der Waals surface area contributed by atoms with E-state index in [0.29, 0.717) is 0 Å². The molecular formula is C9H9F2IN2O2. The first-order chi connectivity index (χ1) is 7.54. The number of aliphatic hydroxyl groups excluding tert-OH is 1. The van der Waals surface area contributed by atoms with Gasteiger partial charge in [-0.2, -0.15) is 0 Å². The van der Waals surface area contributed by atoms with Gasteiger partial charge in [-0.1, -0.05) is 0 Å². The van der Waals surface area contributed by atoms with Crippen LogP contribution in [0.15, 0.2) is 12.1 Å². The molecule has 1 aromatic carbocycles. The summed E-state index contributed by atoms with van der Waals surface area (Å²) in [5.74, 6) is -1.48. The Hall–Kier alpha value is -0.960. The smallest absolute Gasteiger partial charge is 0.319 e. The number of hydrogen-bond acceptors (Lipinski definition) is 2. The molecule has 0 saturated heterocycles. The summed E-state index contributed by atoms with van der Waals surface area (Å²) >= 11 is 1.53. The molecule has 4 nitrogen and oxygen atoms in total. The van der Waals surface area contributed by atoms with E-state index in [-0.39, 0.29) is 22.4 Å². The van der Waals surface area contributed by atoms with E-state index in [1.165, 1.54) is 22.6 Å². The number of amides is 2. The Morgan fingerprint density at radius 2 is 1.94 bits per heavy atom. The fourth-order valence-corrected chi connectivity index (χ4v) is 1.28. The van der Waals surface area contributed by atoms with Gasteiger partial charge in [0, 0.05) is 12.2 Å². The summed E-state index contributed by atoms with van der Waals surface area (Å²) < 4.78 is 26.0. The van der Waals surface area contributed by atoms with E-state index in [2.05, 4.69) is 10.6 Å². The number of halogens is 3. The molecular weight excluding hydrogens is 333 g/mol. The van der Waals surface area contributed by atoms with Crippen LogP contribution in [0.4, 0.5) is 19.3 Å². The second kappa shape index (κ2) is 5.94. The molecule has 0 spiro atoms. The molecule has 88 valence electrons. The quantitative estimate of drug-likeness (QED) is 0.578. The van der Waals surface area contributed by atoms with Gasteiger partial charge in [0.05, 0.1) is 10.2 Å². The highest BCUT2D eigenvalue weighted by atomic mass is 127. The van der Waals surface area contributed by atoms with E-state index in [4.69, 9.17) is 5.11 Å². The SMILES string of the molecule is O=C(NCCO)Nc1cc(F)c(I)c(F)c1. The second-order valence-electron chi connectivity index (χ2n) is 2.86. The van der Waals surface area contributed by atoms with Crippen molar-refractivity contribution in [2.24, 2.45) is 0 Å². The molecule has 0 saturated carbocycles. The Bertz CT molecular complexity index is 378. The third-order valence-electron chi connectivity index (χ3n) is 1.64. The monoisotopic (exact) mass is 342 g/mol. The Balaban J connectivity index is 2.71. The van der Waals surface area contributed by atoms with Gasteiger partial charge < -0.3 is 15.7 Å². The maximum Gasteiger partial charge on any atom is 0.319 e. The molecule has 0 aliphatic carbocycles. The summed E-state index contributed by atoms with van der Waals surface area (Å²) in [5.41, 5.74) is 0.0193. The van der Waals surface area contributed by atoms with Gasteiger partial charge in [-0.3, -0.25) is 0 Å². The number of hydrogen-bond donors (Lipinski definition) is 3. The average Bonchev–Trinajstić information content (AvgIpc) is 2.23. The van der Waals surface area contributed by atoms with Gasteiger partial charge in [0.25, 0.3) is 0 Å². The summed E-state index contributed by atoms with van der Waals surface area (Å²) in [4.78, 5) is 11.1. The molecule has 3 N–H and O–H groups in total. The predicted octanol–water partition coefficient (Wildman–Crippen LogP) is 1.68. The number of anilines is 1. The summed E-state index contributed by atoms with van der Waals surface area (Å²) in [7, 11) is 0. The van der Waals surface area contributed by atoms with Crippen molar-refractivity contribution in [1.82, 2.24) is 5.32 Å². The molecule has 0 heterocycles. The largest absolute Gasteiger partial charge is 0.395 e. The van der Waals surface area contributed by atoms with Gasteiger partial charge in [0.1, 0.15) is 11.6 Å². The van der Waals surface area contributed by atoms with Crippen molar-refractivity contribution >= 4 is 34.3 Å². The van der Waals surface area contributed by atoms with Crippen LogP contribution >= 0.6 is 22.6 Å². The fourth-order valence-electron chi connectivity index (χ4n) is 0.972. The van der Waals surface area contributed by atoms with Gasteiger partial charge in [-0.25, -0.2) is 13.6 Å². The molecule has 0 aliphatic heterocycles. The van der Waals surface area contributed by atoms with Crippen molar-refractivity contribution in [2.75, 3.05) is 18.5 Å². The zero-order valence-corrected chi connectivity index (χ0v) is 10.2. The maximum atomic E-state index is 13.1. The Morgan fingerprint density at radius 3 is 2.44 bits per heavy atom. The molecule has 0 bridgehead atoms. The third-order valence-corrected chi connectivity index (χ3v) is 2.67. The Kier molecular flexibility index (Phi) is 4.87. The minimum absolute atomic E-state index is 0.0193. The van der Waals surface area contributed by atoms with Crippen molar-refractivity contribution in [2.45, 2.75) is 0 Å². The number of benzene rings is 1. The lowest BCUT2D eigenvalue weighted by Gasteiger charge is -2.07. The molecule has 2 amide bonds. The molecule has 0 fully saturated rings. The van der Waals surface area contributed by atoms with E-state index in [1.54, 1.807) is 0 Å². The van der Waals surface area contributed by atoms with Crippen LogP contribution in [-0.4, -0.2) is 24.3 Å². The second-order valence-corrected chi connectivity index (χ2v) is 3.94. The third kappa shape index (κ3) is 3.56. The molecule has 1 aromatic rings. The van der Waals surface area contributed by atoms with Crippen LogP contribution < -0.4 is 10.6 Å². The highest BCUT2D eigenvalue weighted by Crippen LogP contribution is 2.20. The fraction of sp³-hybridized carbons (Fsp3) is 0.222. The van der Waals surface area contributed by atoms with Crippen LogP contribution in [-0.2, 0) is 0 Å². The summed E-state index contributed by atoms with van der Waals surface area (Å²) in [5, 5.41) is 13.0. The van der Waals surface area contributed by atoms with Gasteiger partial charge in [0.15, 0.2) is 0 Å². The standard InChI is InChI=1S/C9H9F2IN2O2/c10-6-3-5(4-7(11)8(6)12)14-9(16)13-1-2-15/h3-4,15H,1-2H2,(H2,13,14,16). The van der Waals surface area contributed by atoms with Crippen molar-refractivity contribution in [3.05, 3.63) is 27.3 Å². The molecule has 0 aliphatic rings. The molecule has 0 unspecified atom stereocenters. The topological polar surface area (TPSA) is 61.4 Å². The number of rotatable bonds is 3. The molecule has 0 atom stereocenters. The van der Waals surface area contributed by atoms with Crippen LogP contribution in [0.1, 0.15) is 0 Å². The zero-order chi connectivity index (χ0) is 12.1. The Labute approximate surface area is 104 Å². The lowest BCUT2D eigenvalue weighted by atomic mass is 10.3. The lowest BCUT2D eigenvalue weighted by molar-refractivity contribution is 0.245. The molecule has 7 heteroatoms. The van der Waals surface area contributed by atoms with Crippen LogP contribution in [0, 0.1) is 15.2 Å². The highest BCUT2D eigenvalue weighted by molar-refractivity contribution is 14.1. The number of carbonyl (C=O) groups is 1. The summed E-state index contributed by atoms with van der Waals surface area (Å²) in [6.45, 7) is -0.135. The number of aliphatic hydroxyl groups is 1. The van der Waals surface area contributed by atoms with E-state index in [0.717, 1.165) is 12.1 Å². The summed E-state index contributed by atoms with van der Waals surface area (Å²) in [6, 6.07) is 1.40. The van der Waals surface area contributed by atoms with E-state index in [1.807, 2.05) is 0 Å². The molecule has 0 radical (unpaired) electrons. The van der Waals surface area contributed by atoms with Crippen molar-refractivity contribution in [1.29, 1.82) is 0 Å². The maximum absolute atomic E-state index is 13.1. The number of carbonyl (C=O) groups excluding carboxylic acids is 1. The zero-order valence-electron chi connectivity index (χ0n) is 8.06. The molecule has 1 rings (SSSR count). The van der Waals surface area contributed by atoms with E-state index >= 15 is 0 Å². The van der Waals surface area contributed by atoms with E-state index < -0.39 is 17.7 Å². The average molecular weight is 342 g/mol. The predicted molar refractivity (Wildman–Crippen MR) is 63.2 cm³/mol. The first kappa shape index (κ1) is 13.1. The highest BCUT2D eigenvalue weighted by Gasteiger charge is 2.09. The number of nitrogens with one attached hydrogen (secondary N) is 2. The van der Waals surface area contributed by atoms with Crippen molar-refractivity contribution in [3.63, 3.8) is 0 Å². The van der Waals surface area contributed by atoms with Crippen LogP contribution in [0.3, 0.4) is 0 Å². The van der Waals surface area contributed by atoms with Gasteiger partial charge >= 0.3 is 6.03 Å². The summed E-state index contributed by atoms with van der Waals surface area (Å²) in [6.07, 6.45) is 0. The van der Waals surface area contributed by atoms with Crippen molar-refractivity contribution < 1.29 is 18.7 Å². The van der Waals surface area contributed by atoms with Crippen LogP contribution in [0.2, 0.25) is 0 Å². The first-order valence-electron chi connectivity index (χ1n) is 4.35.